The number of hydrogen-bond donors (Lipinski definition) is 2. The molecule has 0 aliphatic carbocycles. The fraction of sp³-hybridized carbons (Fsp3) is 0.417. The van der Waals surface area contributed by atoms with Crippen LogP contribution in [0.15, 0.2) is 24.5 Å². The van der Waals surface area contributed by atoms with Gasteiger partial charge in [-0.05, 0) is 12.0 Å². The number of hydrogen-bond acceptors (Lipinski definition) is 3. The molecule has 0 aliphatic rings. The van der Waals surface area contributed by atoms with Gasteiger partial charge in [0.2, 0.25) is 0 Å². The van der Waals surface area contributed by atoms with Crippen molar-refractivity contribution in [2.45, 2.75) is 25.8 Å². The number of aromatic nitrogens is 2. The second-order valence-electron chi connectivity index (χ2n) is 4.30. The number of pyridine rings is 1. The number of aliphatic hydroxyl groups excluding tert-OH is 1. The van der Waals surface area contributed by atoms with Crippen LogP contribution in [-0.2, 0) is 0 Å². The van der Waals surface area contributed by atoms with Gasteiger partial charge in [-0.1, -0.05) is 19.9 Å². The van der Waals surface area contributed by atoms with Crippen molar-refractivity contribution in [2.75, 3.05) is 6.61 Å². The average Bonchev–Trinajstić information content (AvgIpc) is 2.71. The largest absolute Gasteiger partial charge is 0.394 e. The van der Waals surface area contributed by atoms with E-state index in [9.17, 15) is 0 Å². The van der Waals surface area contributed by atoms with Gasteiger partial charge in [-0.3, -0.25) is 0 Å². The van der Waals surface area contributed by atoms with E-state index in [0.29, 0.717) is 5.92 Å². The SMILES string of the molecule is CC(C)c1cn2cccc(C(N)CO)c2n1. The van der Waals surface area contributed by atoms with E-state index in [1.165, 1.54) is 0 Å². The van der Waals surface area contributed by atoms with Gasteiger partial charge in [-0.2, -0.15) is 0 Å². The van der Waals surface area contributed by atoms with Crippen molar-refractivity contribution >= 4 is 5.65 Å². The molecule has 4 heteroatoms. The lowest BCUT2D eigenvalue weighted by Crippen LogP contribution is -2.15. The summed E-state index contributed by atoms with van der Waals surface area (Å²) in [6.45, 7) is 4.14. The Bertz CT molecular complexity index is 490. The van der Waals surface area contributed by atoms with Gasteiger partial charge in [0, 0.05) is 18.0 Å². The molecule has 4 nitrogen and oxygen atoms in total. The summed E-state index contributed by atoms with van der Waals surface area (Å²) in [5.74, 6) is 0.387. The Balaban J connectivity index is 2.58. The number of fused-ring (bicyclic) bond motifs is 1. The summed E-state index contributed by atoms with van der Waals surface area (Å²) in [7, 11) is 0. The first-order chi connectivity index (χ1) is 7.63. The van der Waals surface area contributed by atoms with E-state index in [2.05, 4.69) is 18.8 Å². The van der Waals surface area contributed by atoms with Crippen LogP contribution in [-0.4, -0.2) is 21.1 Å². The van der Waals surface area contributed by atoms with E-state index in [4.69, 9.17) is 10.8 Å². The van der Waals surface area contributed by atoms with E-state index >= 15 is 0 Å². The van der Waals surface area contributed by atoms with Gasteiger partial charge in [-0.25, -0.2) is 4.98 Å². The molecular formula is C12H17N3O. The predicted octanol–water partition coefficient (Wildman–Crippen LogP) is 1.45. The first-order valence-corrected chi connectivity index (χ1v) is 5.47. The van der Waals surface area contributed by atoms with Crippen LogP contribution in [0.5, 0.6) is 0 Å². The first kappa shape index (κ1) is 11.1. The van der Waals surface area contributed by atoms with Crippen LogP contribution in [0, 0.1) is 0 Å². The molecule has 0 radical (unpaired) electrons. The Labute approximate surface area is 94.7 Å². The molecule has 16 heavy (non-hydrogen) atoms. The van der Waals surface area contributed by atoms with Gasteiger partial charge in [0.15, 0.2) is 0 Å². The van der Waals surface area contributed by atoms with E-state index < -0.39 is 0 Å². The molecule has 0 amide bonds. The summed E-state index contributed by atoms with van der Waals surface area (Å²) >= 11 is 0. The van der Waals surface area contributed by atoms with E-state index in [-0.39, 0.29) is 12.6 Å². The van der Waals surface area contributed by atoms with Crippen LogP contribution < -0.4 is 5.73 Å². The molecule has 3 N–H and O–H groups in total. The second-order valence-corrected chi connectivity index (χ2v) is 4.30. The minimum atomic E-state index is -0.369. The van der Waals surface area contributed by atoms with Gasteiger partial charge in [0.1, 0.15) is 5.65 Å². The Kier molecular flexibility index (Phi) is 2.94. The molecule has 0 bridgehead atoms. The smallest absolute Gasteiger partial charge is 0.141 e. The summed E-state index contributed by atoms with van der Waals surface area (Å²) < 4.78 is 1.96. The molecular weight excluding hydrogens is 202 g/mol. The van der Waals surface area contributed by atoms with Crippen LogP contribution in [0.1, 0.15) is 37.1 Å². The highest BCUT2D eigenvalue weighted by molar-refractivity contribution is 5.50. The molecule has 1 unspecified atom stereocenters. The number of nitrogens with zero attached hydrogens (tertiary/aromatic N) is 2. The maximum atomic E-state index is 9.10. The van der Waals surface area contributed by atoms with Crippen molar-refractivity contribution < 1.29 is 5.11 Å². The first-order valence-electron chi connectivity index (χ1n) is 5.47. The lowest BCUT2D eigenvalue weighted by molar-refractivity contribution is 0.268. The Morgan fingerprint density at radius 2 is 2.25 bits per heavy atom. The maximum Gasteiger partial charge on any atom is 0.141 e. The second kappa shape index (κ2) is 4.23. The summed E-state index contributed by atoms with van der Waals surface area (Å²) in [5.41, 5.74) is 8.61. The van der Waals surface area contributed by atoms with E-state index in [0.717, 1.165) is 16.9 Å². The van der Waals surface area contributed by atoms with Crippen molar-refractivity contribution in [1.29, 1.82) is 0 Å². The molecule has 0 saturated heterocycles. The van der Waals surface area contributed by atoms with Crippen LogP contribution in [0.3, 0.4) is 0 Å². The third-order valence-electron chi connectivity index (χ3n) is 2.72. The normalized spacial score (nSPS) is 13.6. The molecule has 0 spiro atoms. The number of aliphatic hydroxyl groups is 1. The van der Waals surface area contributed by atoms with Crippen molar-refractivity contribution in [3.63, 3.8) is 0 Å². The van der Waals surface area contributed by atoms with Crippen molar-refractivity contribution in [3.05, 3.63) is 35.8 Å². The summed E-state index contributed by atoms with van der Waals surface area (Å²) in [5, 5.41) is 9.10. The van der Waals surface area contributed by atoms with Crippen molar-refractivity contribution in [3.8, 4) is 0 Å². The minimum Gasteiger partial charge on any atom is -0.394 e. The molecule has 0 aliphatic heterocycles. The zero-order valence-electron chi connectivity index (χ0n) is 9.59. The lowest BCUT2D eigenvalue weighted by atomic mass is 10.1. The molecule has 2 rings (SSSR count). The predicted molar refractivity (Wildman–Crippen MR) is 63.3 cm³/mol. The van der Waals surface area contributed by atoms with Gasteiger partial charge in [0.05, 0.1) is 18.3 Å². The molecule has 2 aromatic heterocycles. The van der Waals surface area contributed by atoms with Gasteiger partial charge >= 0.3 is 0 Å². The van der Waals surface area contributed by atoms with Crippen LogP contribution in [0.2, 0.25) is 0 Å². The molecule has 0 saturated carbocycles. The summed E-state index contributed by atoms with van der Waals surface area (Å²) in [4.78, 5) is 4.55. The van der Waals surface area contributed by atoms with E-state index in [1.54, 1.807) is 0 Å². The Morgan fingerprint density at radius 1 is 1.50 bits per heavy atom. The van der Waals surface area contributed by atoms with Gasteiger partial charge in [-0.15, -0.1) is 0 Å². The molecule has 0 fully saturated rings. The molecule has 2 aromatic rings. The molecule has 86 valence electrons. The van der Waals surface area contributed by atoms with Crippen LogP contribution in [0.4, 0.5) is 0 Å². The molecule has 2 heterocycles. The minimum absolute atomic E-state index is 0.0659. The third-order valence-corrected chi connectivity index (χ3v) is 2.72. The van der Waals surface area contributed by atoms with Gasteiger partial charge in [0.25, 0.3) is 0 Å². The molecule has 1 atom stereocenters. The fourth-order valence-electron chi connectivity index (χ4n) is 1.72. The average molecular weight is 219 g/mol. The summed E-state index contributed by atoms with van der Waals surface area (Å²) in [6, 6.07) is 3.46. The topological polar surface area (TPSA) is 63.5 Å². The summed E-state index contributed by atoms with van der Waals surface area (Å²) in [6.07, 6.45) is 3.95. The number of imidazole rings is 1. The Morgan fingerprint density at radius 3 is 2.88 bits per heavy atom. The highest BCUT2D eigenvalue weighted by Crippen LogP contribution is 2.20. The van der Waals surface area contributed by atoms with Crippen molar-refractivity contribution in [2.24, 2.45) is 5.73 Å². The lowest BCUT2D eigenvalue weighted by Gasteiger charge is -2.08. The van der Waals surface area contributed by atoms with Gasteiger partial charge < -0.3 is 15.2 Å². The number of nitrogens with two attached hydrogens (primary N) is 1. The molecule has 0 aromatic carbocycles. The maximum absolute atomic E-state index is 9.10. The van der Waals surface area contributed by atoms with E-state index in [1.807, 2.05) is 28.9 Å². The van der Waals surface area contributed by atoms with Crippen molar-refractivity contribution in [1.82, 2.24) is 9.38 Å². The monoisotopic (exact) mass is 219 g/mol. The highest BCUT2D eigenvalue weighted by Gasteiger charge is 2.12. The highest BCUT2D eigenvalue weighted by atomic mass is 16.3. The number of rotatable bonds is 3. The zero-order valence-corrected chi connectivity index (χ0v) is 9.59. The van der Waals surface area contributed by atoms with Crippen LogP contribution >= 0.6 is 0 Å². The quantitative estimate of drug-likeness (QED) is 0.821. The zero-order chi connectivity index (χ0) is 11.7. The van der Waals surface area contributed by atoms with Crippen LogP contribution in [0.25, 0.3) is 5.65 Å². The standard InChI is InChI=1S/C12H17N3O/c1-8(2)11-6-15-5-3-4-9(10(13)7-16)12(15)14-11/h3-6,8,10,16H,7,13H2,1-2H3. The Hall–Kier alpha value is -1.39. The third kappa shape index (κ3) is 1.81. The fourth-order valence-corrected chi connectivity index (χ4v) is 1.72.